The lowest BCUT2D eigenvalue weighted by atomic mass is 9.95. The van der Waals surface area contributed by atoms with Gasteiger partial charge in [0, 0.05) is 6.92 Å². The van der Waals surface area contributed by atoms with Gasteiger partial charge in [-0.05, 0) is 45.8 Å². The molecule has 2 atom stereocenters. The molecule has 0 fully saturated rings. The minimum Gasteiger partial charge on any atom is -0.462 e. The van der Waals surface area contributed by atoms with Gasteiger partial charge >= 0.3 is 11.9 Å². The first-order chi connectivity index (χ1) is 12.3. The molecule has 0 bridgehead atoms. The van der Waals surface area contributed by atoms with Crippen LogP contribution in [0.4, 0.5) is 0 Å². The van der Waals surface area contributed by atoms with Crippen LogP contribution in [0.5, 0.6) is 0 Å². The van der Waals surface area contributed by atoms with Crippen molar-refractivity contribution in [2.24, 2.45) is 11.8 Å². The third-order valence-electron chi connectivity index (χ3n) is 4.96. The van der Waals surface area contributed by atoms with Gasteiger partial charge in [0.2, 0.25) is 0 Å². The Morgan fingerprint density at radius 1 is 0.962 bits per heavy atom. The van der Waals surface area contributed by atoms with E-state index < -0.39 is 0 Å². The number of hydrogen-bond donors (Lipinski definition) is 0. The minimum absolute atomic E-state index is 0.146. The van der Waals surface area contributed by atoms with Crippen molar-refractivity contribution in [3.8, 4) is 0 Å². The molecular weight excluding hydrogens is 330 g/mol. The number of ether oxygens (including phenoxy) is 2. The molecule has 0 aromatic rings. The van der Waals surface area contributed by atoms with Crippen molar-refractivity contribution in [3.05, 3.63) is 0 Å². The molecule has 0 heterocycles. The number of hydrogen-bond acceptors (Lipinski definition) is 5. The maximum absolute atomic E-state index is 12.3. The van der Waals surface area contributed by atoms with Gasteiger partial charge in [-0.15, -0.1) is 0 Å². The molecule has 0 amide bonds. The van der Waals surface area contributed by atoms with Crippen molar-refractivity contribution >= 4 is 11.9 Å². The van der Waals surface area contributed by atoms with E-state index in [1.54, 1.807) is 0 Å². The molecule has 0 saturated carbocycles. The highest BCUT2D eigenvalue weighted by atomic mass is 16.6. The normalized spacial score (nSPS) is 13.7. The molecule has 2 unspecified atom stereocenters. The first-order valence-electron chi connectivity index (χ1n) is 10.3. The second-order valence-corrected chi connectivity index (χ2v) is 7.68. The van der Waals surface area contributed by atoms with Gasteiger partial charge in [0.05, 0.1) is 5.92 Å². The number of carbonyl (C=O) groups is 2. The second-order valence-electron chi connectivity index (χ2n) is 7.68. The molecule has 26 heavy (non-hydrogen) atoms. The molecule has 0 aliphatic heterocycles. The summed E-state index contributed by atoms with van der Waals surface area (Å²) in [5.41, 5.74) is 0. The fourth-order valence-electron chi connectivity index (χ4n) is 2.92. The first kappa shape index (κ1) is 24.9. The van der Waals surface area contributed by atoms with Crippen molar-refractivity contribution in [3.63, 3.8) is 0 Å². The van der Waals surface area contributed by atoms with Gasteiger partial charge in [-0.3, -0.25) is 9.59 Å². The van der Waals surface area contributed by atoms with Gasteiger partial charge in [-0.2, -0.15) is 0 Å². The van der Waals surface area contributed by atoms with Gasteiger partial charge in [0.15, 0.2) is 0 Å². The lowest BCUT2D eigenvalue weighted by Crippen LogP contribution is -2.29. The van der Waals surface area contributed by atoms with Gasteiger partial charge in [-0.25, -0.2) is 0 Å². The molecule has 154 valence electrons. The number of nitrogens with zero attached hydrogens (tertiary/aromatic N) is 1. The average Bonchev–Trinajstić information content (AvgIpc) is 2.59. The number of carbonyl (C=O) groups excluding carboxylic acids is 2. The van der Waals surface area contributed by atoms with Crippen molar-refractivity contribution in [1.29, 1.82) is 0 Å². The Morgan fingerprint density at radius 3 is 2.12 bits per heavy atom. The Kier molecular flexibility index (Phi) is 14.4. The van der Waals surface area contributed by atoms with E-state index in [0.717, 1.165) is 38.1 Å². The predicted molar refractivity (Wildman–Crippen MR) is 106 cm³/mol. The molecule has 0 spiro atoms. The highest BCUT2D eigenvalue weighted by Crippen LogP contribution is 2.18. The zero-order valence-corrected chi connectivity index (χ0v) is 17.9. The third kappa shape index (κ3) is 13.2. The Labute approximate surface area is 160 Å². The Hall–Kier alpha value is -1.10. The van der Waals surface area contributed by atoms with Crippen LogP contribution in [0.3, 0.4) is 0 Å². The summed E-state index contributed by atoms with van der Waals surface area (Å²) in [5.74, 6) is 0.149. The molecule has 0 aliphatic rings. The quantitative estimate of drug-likeness (QED) is 0.315. The maximum Gasteiger partial charge on any atom is 0.309 e. The van der Waals surface area contributed by atoms with E-state index in [-0.39, 0.29) is 30.6 Å². The molecule has 5 heteroatoms. The van der Waals surface area contributed by atoms with Gasteiger partial charge in [0.1, 0.15) is 12.7 Å². The second kappa shape index (κ2) is 15.0. The lowest BCUT2D eigenvalue weighted by Gasteiger charge is -2.21. The summed E-state index contributed by atoms with van der Waals surface area (Å²) >= 11 is 0. The summed E-state index contributed by atoms with van der Waals surface area (Å²) in [4.78, 5) is 25.4. The standard InChI is InChI=1S/C21H41NO4/c1-7-19(8-2)12-10-9-11-13-20(16-25-18(4)23)26-21(24)17(3)14-15-22(5)6/h17,19-20H,7-16H2,1-6H3. The van der Waals surface area contributed by atoms with Crippen LogP contribution in [0, 0.1) is 11.8 Å². The smallest absolute Gasteiger partial charge is 0.309 e. The zero-order chi connectivity index (χ0) is 19.9. The van der Waals surface area contributed by atoms with Crippen LogP contribution in [0.15, 0.2) is 0 Å². The highest BCUT2D eigenvalue weighted by molar-refractivity contribution is 5.72. The average molecular weight is 372 g/mol. The lowest BCUT2D eigenvalue weighted by molar-refractivity contribution is -0.162. The maximum atomic E-state index is 12.3. The highest BCUT2D eigenvalue weighted by Gasteiger charge is 2.21. The van der Waals surface area contributed by atoms with Gasteiger partial charge in [0.25, 0.3) is 0 Å². The van der Waals surface area contributed by atoms with Crippen LogP contribution in [0.2, 0.25) is 0 Å². The van der Waals surface area contributed by atoms with E-state index in [0.29, 0.717) is 0 Å². The van der Waals surface area contributed by atoms with Crippen molar-refractivity contribution in [2.45, 2.75) is 85.2 Å². The molecule has 0 aliphatic carbocycles. The summed E-state index contributed by atoms with van der Waals surface area (Å²) in [6, 6.07) is 0. The SMILES string of the molecule is CCC(CC)CCCCCC(COC(C)=O)OC(=O)C(C)CCN(C)C. The van der Waals surface area contributed by atoms with Crippen molar-refractivity contribution < 1.29 is 19.1 Å². The molecule has 0 aromatic heterocycles. The predicted octanol–water partition coefficient (Wildman–Crippen LogP) is 4.44. The van der Waals surface area contributed by atoms with Crippen molar-refractivity contribution in [2.75, 3.05) is 27.2 Å². The van der Waals surface area contributed by atoms with Crippen LogP contribution in [0.1, 0.15) is 79.1 Å². The van der Waals surface area contributed by atoms with E-state index in [9.17, 15) is 9.59 Å². The topological polar surface area (TPSA) is 55.8 Å². The summed E-state index contributed by atoms with van der Waals surface area (Å²) in [7, 11) is 3.98. The van der Waals surface area contributed by atoms with E-state index in [1.807, 2.05) is 21.0 Å². The van der Waals surface area contributed by atoms with Crippen LogP contribution in [-0.2, 0) is 19.1 Å². The molecule has 0 aromatic carbocycles. The molecule has 0 rings (SSSR count). The van der Waals surface area contributed by atoms with Gasteiger partial charge in [-0.1, -0.05) is 52.9 Å². The fraction of sp³-hybridized carbons (Fsp3) is 0.905. The molecule has 0 radical (unpaired) electrons. The Morgan fingerprint density at radius 2 is 1.58 bits per heavy atom. The molecule has 0 saturated heterocycles. The molecular formula is C21H41NO4. The Balaban J connectivity index is 4.29. The third-order valence-corrected chi connectivity index (χ3v) is 4.96. The number of rotatable bonds is 15. The number of esters is 2. The summed E-state index contributed by atoms with van der Waals surface area (Å²) in [6.45, 7) is 8.79. The van der Waals surface area contributed by atoms with E-state index in [2.05, 4.69) is 18.7 Å². The van der Waals surface area contributed by atoms with Crippen LogP contribution in [-0.4, -0.2) is 50.2 Å². The summed E-state index contributed by atoms with van der Waals surface area (Å²) in [5, 5.41) is 0. The molecule has 0 N–H and O–H groups in total. The molecule has 5 nitrogen and oxygen atoms in total. The monoisotopic (exact) mass is 371 g/mol. The number of unbranched alkanes of at least 4 members (excludes halogenated alkanes) is 2. The van der Waals surface area contributed by atoms with Crippen LogP contribution in [0.25, 0.3) is 0 Å². The van der Waals surface area contributed by atoms with Gasteiger partial charge < -0.3 is 14.4 Å². The summed E-state index contributed by atoms with van der Waals surface area (Å²) < 4.78 is 10.7. The Bertz CT molecular complexity index is 380. The van der Waals surface area contributed by atoms with E-state index in [1.165, 1.54) is 32.6 Å². The summed E-state index contributed by atoms with van der Waals surface area (Å²) in [6.07, 6.45) is 8.27. The van der Waals surface area contributed by atoms with Crippen LogP contribution >= 0.6 is 0 Å². The fourth-order valence-corrected chi connectivity index (χ4v) is 2.92. The zero-order valence-electron chi connectivity index (χ0n) is 17.9. The van der Waals surface area contributed by atoms with Crippen molar-refractivity contribution in [1.82, 2.24) is 4.90 Å². The van der Waals surface area contributed by atoms with E-state index >= 15 is 0 Å². The minimum atomic E-state index is -0.333. The first-order valence-corrected chi connectivity index (χ1v) is 10.3. The van der Waals surface area contributed by atoms with Crippen LogP contribution < -0.4 is 0 Å². The van der Waals surface area contributed by atoms with E-state index in [4.69, 9.17) is 9.47 Å². The largest absolute Gasteiger partial charge is 0.462 e.